The molecule has 0 bridgehead atoms. The van der Waals surface area contributed by atoms with E-state index in [4.69, 9.17) is 0 Å². The first-order valence-corrected chi connectivity index (χ1v) is 10.1. The summed E-state index contributed by atoms with van der Waals surface area (Å²) in [5.74, 6) is 0.116. The van der Waals surface area contributed by atoms with Crippen LogP contribution >= 0.6 is 39.0 Å². The van der Waals surface area contributed by atoms with Gasteiger partial charge in [-0.1, -0.05) is 70.2 Å². The predicted octanol–water partition coefficient (Wildman–Crippen LogP) is 4.82. The summed E-state index contributed by atoms with van der Waals surface area (Å²) in [7, 11) is 0. The second-order valence-electron chi connectivity index (χ2n) is 5.00. The lowest BCUT2D eigenvalue weighted by atomic mass is 10.2. The van der Waals surface area contributed by atoms with Crippen LogP contribution in [-0.2, 0) is 4.79 Å². The van der Waals surface area contributed by atoms with Gasteiger partial charge in [0.2, 0.25) is 0 Å². The molecule has 25 heavy (non-hydrogen) atoms. The van der Waals surface area contributed by atoms with Crippen molar-refractivity contribution in [3.63, 3.8) is 0 Å². The topological polar surface area (TPSA) is 54.4 Å². The molecule has 1 aromatic heterocycles. The summed E-state index contributed by atoms with van der Waals surface area (Å²) in [6.07, 6.45) is 1.62. The number of hydrogen-bond donors (Lipinski definition) is 1. The van der Waals surface area contributed by atoms with Crippen LogP contribution in [0.15, 0.2) is 73.9 Å². The molecule has 3 rings (SSSR count). The molecule has 0 saturated carbocycles. The third kappa shape index (κ3) is 5.52. The molecular formula is C18H14BrN3OS2. The smallest absolute Gasteiger partial charge is 0.250 e. The number of nitrogens with one attached hydrogen (secondary N) is 1. The summed E-state index contributed by atoms with van der Waals surface area (Å²) in [4.78, 5) is 16.4. The molecule has 0 aliphatic carbocycles. The van der Waals surface area contributed by atoms with Gasteiger partial charge in [0.15, 0.2) is 4.34 Å². The summed E-state index contributed by atoms with van der Waals surface area (Å²) in [5.41, 5.74) is 5.45. The summed E-state index contributed by atoms with van der Waals surface area (Å²) in [5, 5.41) is 5.97. The molecule has 0 atom stereocenters. The lowest BCUT2D eigenvalue weighted by Gasteiger charge is -1.98. The number of rotatable bonds is 6. The highest BCUT2D eigenvalue weighted by atomic mass is 79.9. The molecule has 4 nitrogen and oxygen atoms in total. The molecule has 0 aliphatic rings. The van der Waals surface area contributed by atoms with Gasteiger partial charge < -0.3 is 0 Å². The summed E-state index contributed by atoms with van der Waals surface area (Å²) >= 11 is 6.34. The Morgan fingerprint density at radius 1 is 1.24 bits per heavy atom. The molecule has 1 N–H and O–H groups in total. The Morgan fingerprint density at radius 3 is 2.88 bits per heavy atom. The molecule has 2 aromatic carbocycles. The standard InChI is InChI=1S/C18H14BrN3OS2/c19-15-8-4-5-13(9-15)10-20-22-17(23)12-25-18-21-16(11-24-18)14-6-2-1-3-7-14/h1-11H,12H2,(H,22,23)/b20-10+. The number of thioether (sulfide) groups is 1. The molecule has 7 heteroatoms. The van der Waals surface area contributed by atoms with Gasteiger partial charge >= 0.3 is 0 Å². The Kier molecular flexibility index (Phi) is 6.38. The largest absolute Gasteiger partial charge is 0.272 e. The molecule has 126 valence electrons. The number of thiazole rings is 1. The Hall–Kier alpha value is -1.96. The Balaban J connectivity index is 1.49. The minimum Gasteiger partial charge on any atom is -0.272 e. The van der Waals surface area contributed by atoms with Crippen molar-refractivity contribution in [2.45, 2.75) is 4.34 Å². The minimum absolute atomic E-state index is 0.160. The van der Waals surface area contributed by atoms with Gasteiger partial charge in [-0.3, -0.25) is 4.79 Å². The van der Waals surface area contributed by atoms with Crippen molar-refractivity contribution in [3.05, 3.63) is 70.0 Å². The van der Waals surface area contributed by atoms with Crippen molar-refractivity contribution >= 4 is 51.2 Å². The average molecular weight is 432 g/mol. The highest BCUT2D eigenvalue weighted by Crippen LogP contribution is 2.27. The monoisotopic (exact) mass is 431 g/mol. The fourth-order valence-electron chi connectivity index (χ4n) is 1.99. The SMILES string of the molecule is O=C(CSc1nc(-c2ccccc2)cs1)N/N=C/c1cccc(Br)c1. The number of amides is 1. The fourth-order valence-corrected chi connectivity index (χ4v) is 4.03. The Labute approximate surface area is 162 Å². The Morgan fingerprint density at radius 2 is 2.08 bits per heavy atom. The first-order valence-electron chi connectivity index (χ1n) is 7.42. The number of carbonyl (C=O) groups excluding carboxylic acids is 1. The lowest BCUT2D eigenvalue weighted by molar-refractivity contribution is -0.118. The number of nitrogens with zero attached hydrogens (tertiary/aromatic N) is 2. The lowest BCUT2D eigenvalue weighted by Crippen LogP contribution is -2.19. The van der Waals surface area contributed by atoms with Crippen LogP contribution in [-0.4, -0.2) is 22.9 Å². The van der Waals surface area contributed by atoms with Gasteiger partial charge in [0.05, 0.1) is 17.7 Å². The molecule has 3 aromatic rings. The van der Waals surface area contributed by atoms with Gasteiger partial charge in [-0.2, -0.15) is 5.10 Å². The van der Waals surface area contributed by atoms with Gasteiger partial charge in [0.1, 0.15) is 0 Å². The van der Waals surface area contributed by atoms with Gasteiger partial charge in [-0.15, -0.1) is 11.3 Å². The molecular weight excluding hydrogens is 418 g/mol. The van der Waals surface area contributed by atoms with Gasteiger partial charge in [-0.25, -0.2) is 10.4 Å². The van der Waals surface area contributed by atoms with E-state index < -0.39 is 0 Å². The molecule has 0 fully saturated rings. The molecule has 0 radical (unpaired) electrons. The van der Waals surface area contributed by atoms with Crippen molar-refractivity contribution < 1.29 is 4.79 Å². The van der Waals surface area contributed by atoms with E-state index in [2.05, 4.69) is 31.4 Å². The van der Waals surface area contributed by atoms with E-state index in [9.17, 15) is 4.79 Å². The maximum absolute atomic E-state index is 11.9. The van der Waals surface area contributed by atoms with E-state index in [1.54, 1.807) is 6.21 Å². The van der Waals surface area contributed by atoms with E-state index in [1.165, 1.54) is 23.1 Å². The molecule has 0 unspecified atom stereocenters. The van der Waals surface area contributed by atoms with Crippen LogP contribution in [0, 0.1) is 0 Å². The molecule has 1 heterocycles. The van der Waals surface area contributed by atoms with E-state index in [-0.39, 0.29) is 11.7 Å². The number of hydrogen-bond acceptors (Lipinski definition) is 5. The second kappa shape index (κ2) is 8.94. The molecule has 0 aliphatic heterocycles. The van der Waals surface area contributed by atoms with Gasteiger partial charge in [-0.05, 0) is 17.7 Å². The normalized spacial score (nSPS) is 10.9. The highest BCUT2D eigenvalue weighted by molar-refractivity contribution is 9.10. The zero-order valence-electron chi connectivity index (χ0n) is 13.1. The fraction of sp³-hybridized carbons (Fsp3) is 0.0556. The zero-order chi connectivity index (χ0) is 17.5. The van der Waals surface area contributed by atoms with E-state index in [1.807, 2.05) is 60.0 Å². The van der Waals surface area contributed by atoms with Crippen molar-refractivity contribution in [2.24, 2.45) is 5.10 Å². The number of halogens is 1. The van der Waals surface area contributed by atoms with Crippen LogP contribution in [0.25, 0.3) is 11.3 Å². The van der Waals surface area contributed by atoms with Crippen LogP contribution < -0.4 is 5.43 Å². The minimum atomic E-state index is -0.160. The summed E-state index contributed by atoms with van der Waals surface area (Å²) < 4.78 is 1.83. The van der Waals surface area contributed by atoms with Gasteiger partial charge in [0, 0.05) is 15.4 Å². The number of carbonyl (C=O) groups is 1. The van der Waals surface area contributed by atoms with Crippen molar-refractivity contribution in [1.29, 1.82) is 0 Å². The van der Waals surface area contributed by atoms with Crippen LogP contribution in [0.1, 0.15) is 5.56 Å². The van der Waals surface area contributed by atoms with Crippen LogP contribution in [0.3, 0.4) is 0 Å². The van der Waals surface area contributed by atoms with Crippen molar-refractivity contribution in [1.82, 2.24) is 10.4 Å². The highest BCUT2D eigenvalue weighted by Gasteiger charge is 2.07. The zero-order valence-corrected chi connectivity index (χ0v) is 16.3. The second-order valence-corrected chi connectivity index (χ2v) is 8.00. The van der Waals surface area contributed by atoms with E-state index >= 15 is 0 Å². The quantitative estimate of drug-likeness (QED) is 0.345. The first kappa shape index (κ1) is 17.8. The van der Waals surface area contributed by atoms with E-state index in [0.29, 0.717) is 0 Å². The van der Waals surface area contributed by atoms with Crippen molar-refractivity contribution in [2.75, 3.05) is 5.75 Å². The average Bonchev–Trinajstić information content (AvgIpc) is 3.10. The molecule has 0 saturated heterocycles. The Bertz CT molecular complexity index is 881. The third-order valence-corrected chi connectivity index (χ3v) is 5.65. The van der Waals surface area contributed by atoms with Gasteiger partial charge in [0.25, 0.3) is 5.91 Å². The predicted molar refractivity (Wildman–Crippen MR) is 108 cm³/mol. The summed E-state index contributed by atoms with van der Waals surface area (Å²) in [6.45, 7) is 0. The maximum atomic E-state index is 11.9. The molecule has 0 spiro atoms. The number of hydrazone groups is 1. The van der Waals surface area contributed by atoms with Crippen LogP contribution in [0.5, 0.6) is 0 Å². The van der Waals surface area contributed by atoms with E-state index in [0.717, 1.165) is 25.6 Å². The first-order chi connectivity index (χ1) is 12.2. The maximum Gasteiger partial charge on any atom is 0.250 e. The third-order valence-electron chi connectivity index (χ3n) is 3.13. The van der Waals surface area contributed by atoms with Crippen LogP contribution in [0.4, 0.5) is 0 Å². The number of benzene rings is 2. The van der Waals surface area contributed by atoms with Crippen molar-refractivity contribution in [3.8, 4) is 11.3 Å². The molecule has 1 amide bonds. The van der Waals surface area contributed by atoms with Crippen LogP contribution in [0.2, 0.25) is 0 Å². The number of aromatic nitrogens is 1. The summed E-state index contributed by atoms with van der Waals surface area (Å²) in [6, 6.07) is 17.7.